The van der Waals surface area contributed by atoms with Crippen LogP contribution in [0, 0.1) is 5.92 Å². The van der Waals surface area contributed by atoms with E-state index in [1.807, 2.05) is 17.0 Å². The minimum Gasteiger partial charge on any atom is -0.465 e. The normalized spacial score (nSPS) is 27.7. The Bertz CT molecular complexity index is 425. The fraction of sp³-hybridized carbons (Fsp3) is 0.500. The van der Waals surface area contributed by atoms with Crippen LogP contribution in [-0.4, -0.2) is 36.5 Å². The number of piperidine rings is 1. The highest BCUT2D eigenvalue weighted by molar-refractivity contribution is 5.91. The Labute approximate surface area is 107 Å². The zero-order valence-electron chi connectivity index (χ0n) is 10.3. The predicted molar refractivity (Wildman–Crippen MR) is 68.8 cm³/mol. The smallest absolute Gasteiger partial charge is 0.246 e. The Kier molecular flexibility index (Phi) is 3.19. The first-order valence-corrected chi connectivity index (χ1v) is 6.57. The highest BCUT2D eigenvalue weighted by Crippen LogP contribution is 2.25. The molecule has 1 aromatic rings. The molecule has 18 heavy (non-hydrogen) atoms. The minimum atomic E-state index is 0.0857. The summed E-state index contributed by atoms with van der Waals surface area (Å²) in [5.41, 5.74) is 0. The Morgan fingerprint density at radius 1 is 1.50 bits per heavy atom. The zero-order valence-corrected chi connectivity index (χ0v) is 10.3. The van der Waals surface area contributed by atoms with E-state index in [1.165, 1.54) is 12.8 Å². The molecule has 0 unspecified atom stereocenters. The van der Waals surface area contributed by atoms with Gasteiger partial charge in [-0.25, -0.2) is 0 Å². The highest BCUT2D eigenvalue weighted by atomic mass is 16.3. The van der Waals surface area contributed by atoms with Crippen molar-refractivity contribution in [2.45, 2.75) is 18.9 Å². The van der Waals surface area contributed by atoms with Crippen LogP contribution in [0.4, 0.5) is 0 Å². The molecule has 2 atom stereocenters. The number of hydrogen-bond acceptors (Lipinski definition) is 3. The van der Waals surface area contributed by atoms with Gasteiger partial charge in [0.25, 0.3) is 0 Å². The Morgan fingerprint density at radius 2 is 2.44 bits per heavy atom. The molecule has 2 saturated heterocycles. The van der Waals surface area contributed by atoms with Crippen LogP contribution in [0.1, 0.15) is 18.6 Å². The molecule has 4 heteroatoms. The molecule has 0 bridgehead atoms. The van der Waals surface area contributed by atoms with E-state index < -0.39 is 0 Å². The van der Waals surface area contributed by atoms with Crippen molar-refractivity contribution < 1.29 is 9.21 Å². The molecular weight excluding hydrogens is 228 g/mol. The molecule has 2 fully saturated rings. The van der Waals surface area contributed by atoms with Gasteiger partial charge >= 0.3 is 0 Å². The summed E-state index contributed by atoms with van der Waals surface area (Å²) in [4.78, 5) is 14.0. The molecule has 96 valence electrons. The maximum absolute atomic E-state index is 12.1. The molecule has 0 spiro atoms. The van der Waals surface area contributed by atoms with Crippen LogP contribution in [-0.2, 0) is 4.79 Å². The number of nitrogens with one attached hydrogen (secondary N) is 1. The Morgan fingerprint density at radius 3 is 3.22 bits per heavy atom. The van der Waals surface area contributed by atoms with Crippen LogP contribution >= 0.6 is 0 Å². The van der Waals surface area contributed by atoms with E-state index in [4.69, 9.17) is 4.42 Å². The predicted octanol–water partition coefficient (Wildman–Crippen LogP) is 1.50. The minimum absolute atomic E-state index is 0.0857. The Hall–Kier alpha value is -1.55. The average molecular weight is 246 g/mol. The van der Waals surface area contributed by atoms with Gasteiger partial charge < -0.3 is 14.6 Å². The molecule has 1 N–H and O–H groups in total. The maximum atomic E-state index is 12.1. The van der Waals surface area contributed by atoms with E-state index in [0.717, 1.165) is 25.4 Å². The van der Waals surface area contributed by atoms with Crippen molar-refractivity contribution in [3.8, 4) is 0 Å². The van der Waals surface area contributed by atoms with Crippen LogP contribution in [0.15, 0.2) is 28.9 Å². The monoisotopic (exact) mass is 246 g/mol. The number of fused-ring (bicyclic) bond motifs is 1. The summed E-state index contributed by atoms with van der Waals surface area (Å²) in [5.74, 6) is 1.44. The van der Waals surface area contributed by atoms with E-state index in [-0.39, 0.29) is 5.91 Å². The summed E-state index contributed by atoms with van der Waals surface area (Å²) in [6, 6.07) is 4.16. The number of nitrogens with zero attached hydrogens (tertiary/aromatic N) is 1. The van der Waals surface area contributed by atoms with Crippen LogP contribution in [0.2, 0.25) is 0 Å². The molecule has 4 nitrogen and oxygen atoms in total. The van der Waals surface area contributed by atoms with E-state index in [1.54, 1.807) is 18.4 Å². The molecule has 1 aromatic heterocycles. The van der Waals surface area contributed by atoms with Crippen molar-refractivity contribution in [2.75, 3.05) is 19.6 Å². The number of amides is 1. The van der Waals surface area contributed by atoms with Gasteiger partial charge in [0, 0.05) is 25.2 Å². The first-order chi connectivity index (χ1) is 8.83. The van der Waals surface area contributed by atoms with Gasteiger partial charge in [-0.05, 0) is 43.5 Å². The molecule has 0 saturated carbocycles. The maximum Gasteiger partial charge on any atom is 0.246 e. The fourth-order valence-corrected chi connectivity index (χ4v) is 2.87. The summed E-state index contributed by atoms with van der Waals surface area (Å²) < 4.78 is 5.17. The second-order valence-electron chi connectivity index (χ2n) is 5.05. The third-order valence-electron chi connectivity index (χ3n) is 3.84. The van der Waals surface area contributed by atoms with Crippen molar-refractivity contribution in [1.29, 1.82) is 0 Å². The van der Waals surface area contributed by atoms with E-state index in [9.17, 15) is 4.79 Å². The lowest BCUT2D eigenvalue weighted by molar-refractivity contribution is -0.125. The van der Waals surface area contributed by atoms with E-state index in [2.05, 4.69) is 5.32 Å². The third kappa shape index (κ3) is 2.34. The lowest BCUT2D eigenvalue weighted by Crippen LogP contribution is -2.40. The summed E-state index contributed by atoms with van der Waals surface area (Å²) in [7, 11) is 0. The zero-order chi connectivity index (χ0) is 12.4. The topological polar surface area (TPSA) is 45.5 Å². The van der Waals surface area contributed by atoms with Crippen molar-refractivity contribution in [1.82, 2.24) is 10.2 Å². The lowest BCUT2D eigenvalue weighted by atomic mass is 9.94. The molecule has 3 heterocycles. The van der Waals surface area contributed by atoms with Crippen molar-refractivity contribution in [3.63, 3.8) is 0 Å². The van der Waals surface area contributed by atoms with Gasteiger partial charge in [0.1, 0.15) is 5.76 Å². The average Bonchev–Trinajstić information content (AvgIpc) is 3.04. The highest BCUT2D eigenvalue weighted by Gasteiger charge is 2.35. The Balaban J connectivity index is 1.60. The molecule has 3 rings (SSSR count). The van der Waals surface area contributed by atoms with E-state index in [0.29, 0.717) is 12.0 Å². The van der Waals surface area contributed by atoms with Gasteiger partial charge in [0.15, 0.2) is 0 Å². The first-order valence-electron chi connectivity index (χ1n) is 6.57. The number of hydrogen-bond donors (Lipinski definition) is 1. The molecule has 2 aliphatic rings. The first kappa shape index (κ1) is 11.5. The van der Waals surface area contributed by atoms with Gasteiger partial charge in [-0.2, -0.15) is 0 Å². The van der Waals surface area contributed by atoms with Gasteiger partial charge in [0.2, 0.25) is 5.91 Å². The standard InChI is InChI=1S/C14H18N2O2/c17-14(6-5-12-4-2-8-18-12)16-9-11-3-1-7-15-13(11)10-16/h2,4-6,8,11,13,15H,1,3,7,9-10H2/b6-5+/t11-,13+/m0/s1. The number of likely N-dealkylation sites (tertiary alicyclic amines) is 1. The van der Waals surface area contributed by atoms with Crippen LogP contribution in [0.3, 0.4) is 0 Å². The number of carbonyl (C=O) groups is 1. The van der Waals surface area contributed by atoms with Gasteiger partial charge in [0.05, 0.1) is 6.26 Å². The molecular formula is C14H18N2O2. The summed E-state index contributed by atoms with van der Waals surface area (Å²) in [5, 5.41) is 3.50. The molecule has 0 radical (unpaired) electrons. The van der Waals surface area contributed by atoms with Crippen molar-refractivity contribution in [3.05, 3.63) is 30.2 Å². The van der Waals surface area contributed by atoms with Crippen molar-refractivity contribution >= 4 is 12.0 Å². The number of carbonyl (C=O) groups excluding carboxylic acids is 1. The molecule has 0 aliphatic carbocycles. The second-order valence-corrected chi connectivity index (χ2v) is 5.05. The molecule has 0 aromatic carbocycles. The SMILES string of the molecule is O=C(/C=C/c1ccco1)N1C[C@@H]2CCCN[C@@H]2C1. The van der Waals surface area contributed by atoms with Crippen LogP contribution in [0.5, 0.6) is 0 Å². The van der Waals surface area contributed by atoms with Crippen LogP contribution in [0.25, 0.3) is 6.08 Å². The molecule has 2 aliphatic heterocycles. The largest absolute Gasteiger partial charge is 0.465 e. The van der Waals surface area contributed by atoms with Crippen LogP contribution < -0.4 is 5.32 Å². The van der Waals surface area contributed by atoms with E-state index >= 15 is 0 Å². The van der Waals surface area contributed by atoms with Gasteiger partial charge in [-0.3, -0.25) is 4.79 Å². The van der Waals surface area contributed by atoms with Gasteiger partial charge in [-0.15, -0.1) is 0 Å². The lowest BCUT2D eigenvalue weighted by Gasteiger charge is -2.24. The van der Waals surface area contributed by atoms with Crippen molar-refractivity contribution in [2.24, 2.45) is 5.92 Å². The quantitative estimate of drug-likeness (QED) is 0.804. The summed E-state index contributed by atoms with van der Waals surface area (Å²) in [6.07, 6.45) is 7.42. The van der Waals surface area contributed by atoms with Gasteiger partial charge in [-0.1, -0.05) is 0 Å². The third-order valence-corrected chi connectivity index (χ3v) is 3.84. The number of furan rings is 1. The molecule has 1 amide bonds. The fourth-order valence-electron chi connectivity index (χ4n) is 2.87. The summed E-state index contributed by atoms with van der Waals surface area (Å²) in [6.45, 7) is 2.82. The summed E-state index contributed by atoms with van der Waals surface area (Å²) >= 11 is 0. The number of rotatable bonds is 2. The second kappa shape index (κ2) is 4.98.